The summed E-state index contributed by atoms with van der Waals surface area (Å²) in [7, 11) is 1.61. The minimum Gasteiger partial charge on any atom is -0.493 e. The fourth-order valence-electron chi connectivity index (χ4n) is 2.67. The minimum atomic E-state index is -1.11. The second kappa shape index (κ2) is 8.91. The number of amides is 1. The van der Waals surface area contributed by atoms with Crippen molar-refractivity contribution in [2.75, 3.05) is 13.7 Å². The van der Waals surface area contributed by atoms with Gasteiger partial charge in [0.05, 0.1) is 19.8 Å². The van der Waals surface area contributed by atoms with Crippen LogP contribution in [-0.2, 0) is 10.3 Å². The van der Waals surface area contributed by atoms with Crippen molar-refractivity contribution in [2.24, 2.45) is 11.7 Å². The average Bonchev–Trinajstić information content (AvgIpc) is 2.66. The molecule has 2 aromatic carbocycles. The lowest BCUT2D eigenvalue weighted by Gasteiger charge is -2.27. The molecule has 0 aliphatic heterocycles. The van der Waals surface area contributed by atoms with Crippen molar-refractivity contribution in [1.82, 2.24) is 5.32 Å². The lowest BCUT2D eigenvalue weighted by molar-refractivity contribution is -0.126. The van der Waals surface area contributed by atoms with Crippen LogP contribution in [0.15, 0.2) is 48.5 Å². The number of hydrogen-bond acceptors (Lipinski definition) is 4. The molecule has 146 valence electrons. The first-order chi connectivity index (χ1) is 12.8. The van der Waals surface area contributed by atoms with Crippen molar-refractivity contribution >= 4 is 5.91 Å². The molecule has 0 fully saturated rings. The normalized spacial score (nSPS) is 14.3. The van der Waals surface area contributed by atoms with Gasteiger partial charge in [-0.25, -0.2) is 0 Å². The first-order valence-corrected chi connectivity index (χ1v) is 9.21. The van der Waals surface area contributed by atoms with E-state index in [1.165, 1.54) is 0 Å². The Balaban J connectivity index is 2.13. The van der Waals surface area contributed by atoms with Crippen LogP contribution >= 0.6 is 0 Å². The third-order valence-corrected chi connectivity index (χ3v) is 4.45. The fourth-order valence-corrected chi connectivity index (χ4v) is 2.67. The van der Waals surface area contributed by atoms with Gasteiger partial charge in [-0.05, 0) is 43.0 Å². The lowest BCUT2D eigenvalue weighted by Crippen LogP contribution is -2.49. The highest BCUT2D eigenvalue weighted by Gasteiger charge is 2.31. The Morgan fingerprint density at radius 3 is 2.37 bits per heavy atom. The molecule has 0 aromatic heterocycles. The maximum absolute atomic E-state index is 12.8. The number of carbonyl (C=O) groups is 1. The molecule has 5 heteroatoms. The summed E-state index contributed by atoms with van der Waals surface area (Å²) in [4.78, 5) is 12.8. The van der Waals surface area contributed by atoms with E-state index in [2.05, 4.69) is 19.2 Å². The molecule has 0 radical (unpaired) electrons. The van der Waals surface area contributed by atoms with E-state index >= 15 is 0 Å². The van der Waals surface area contributed by atoms with Crippen LogP contribution in [0, 0.1) is 5.92 Å². The number of rotatable bonds is 8. The highest BCUT2D eigenvalue weighted by atomic mass is 16.5. The Hall–Kier alpha value is -2.53. The van der Waals surface area contributed by atoms with E-state index in [4.69, 9.17) is 15.2 Å². The Bertz CT molecular complexity index is 757. The molecule has 27 heavy (non-hydrogen) atoms. The topological polar surface area (TPSA) is 73.6 Å². The van der Waals surface area contributed by atoms with Crippen LogP contribution in [0.3, 0.4) is 0 Å². The SMILES string of the molecule is COc1cc(C(C)NC(=O)C(C)(N)c2ccccc2)ccc1OCC(C)C. The van der Waals surface area contributed by atoms with Crippen LogP contribution < -0.4 is 20.5 Å². The zero-order valence-electron chi connectivity index (χ0n) is 16.8. The average molecular weight is 370 g/mol. The summed E-state index contributed by atoms with van der Waals surface area (Å²) in [6, 6.07) is 14.8. The molecule has 1 amide bonds. The van der Waals surface area contributed by atoms with Gasteiger partial charge in [0.1, 0.15) is 5.54 Å². The van der Waals surface area contributed by atoms with Gasteiger partial charge in [-0.2, -0.15) is 0 Å². The van der Waals surface area contributed by atoms with E-state index < -0.39 is 5.54 Å². The minimum absolute atomic E-state index is 0.225. The quantitative estimate of drug-likeness (QED) is 0.742. The van der Waals surface area contributed by atoms with Crippen molar-refractivity contribution in [3.8, 4) is 11.5 Å². The van der Waals surface area contributed by atoms with Gasteiger partial charge < -0.3 is 20.5 Å². The molecule has 0 saturated carbocycles. The molecular formula is C22H30N2O3. The second-order valence-corrected chi connectivity index (χ2v) is 7.38. The van der Waals surface area contributed by atoms with Crippen LogP contribution in [0.4, 0.5) is 0 Å². The van der Waals surface area contributed by atoms with E-state index in [0.717, 1.165) is 11.1 Å². The van der Waals surface area contributed by atoms with Gasteiger partial charge in [0.25, 0.3) is 0 Å². The fraction of sp³-hybridized carbons (Fsp3) is 0.409. The largest absolute Gasteiger partial charge is 0.493 e. The molecule has 5 nitrogen and oxygen atoms in total. The highest BCUT2D eigenvalue weighted by Crippen LogP contribution is 2.31. The number of carbonyl (C=O) groups excluding carboxylic acids is 1. The van der Waals surface area contributed by atoms with Crippen LogP contribution in [0.25, 0.3) is 0 Å². The van der Waals surface area contributed by atoms with E-state index in [1.54, 1.807) is 14.0 Å². The van der Waals surface area contributed by atoms with Crippen LogP contribution in [0.1, 0.15) is 44.9 Å². The van der Waals surface area contributed by atoms with E-state index in [-0.39, 0.29) is 11.9 Å². The molecule has 2 unspecified atom stereocenters. The highest BCUT2D eigenvalue weighted by molar-refractivity contribution is 5.87. The van der Waals surface area contributed by atoms with Gasteiger partial charge >= 0.3 is 0 Å². The van der Waals surface area contributed by atoms with Gasteiger partial charge in [0, 0.05) is 0 Å². The first-order valence-electron chi connectivity index (χ1n) is 9.21. The van der Waals surface area contributed by atoms with Crippen molar-refractivity contribution in [3.63, 3.8) is 0 Å². The predicted molar refractivity (Wildman–Crippen MR) is 108 cm³/mol. The number of hydrogen-bond donors (Lipinski definition) is 2. The molecule has 2 rings (SSSR count). The van der Waals surface area contributed by atoms with Crippen molar-refractivity contribution in [1.29, 1.82) is 0 Å². The monoisotopic (exact) mass is 370 g/mol. The summed E-state index contributed by atoms with van der Waals surface area (Å²) in [6.45, 7) is 8.44. The zero-order chi connectivity index (χ0) is 20.0. The number of ether oxygens (including phenoxy) is 2. The lowest BCUT2D eigenvalue weighted by atomic mass is 9.91. The predicted octanol–water partition coefficient (Wildman–Crippen LogP) is 3.78. The van der Waals surface area contributed by atoms with Gasteiger partial charge in [-0.1, -0.05) is 50.2 Å². The van der Waals surface area contributed by atoms with Crippen LogP contribution in [-0.4, -0.2) is 19.6 Å². The third kappa shape index (κ3) is 5.23. The summed E-state index contributed by atoms with van der Waals surface area (Å²) < 4.78 is 11.2. The van der Waals surface area contributed by atoms with E-state index in [1.807, 2.05) is 55.5 Å². The molecule has 0 aliphatic carbocycles. The number of nitrogens with one attached hydrogen (secondary N) is 1. The van der Waals surface area contributed by atoms with Gasteiger partial charge in [-0.15, -0.1) is 0 Å². The first kappa shape index (κ1) is 20.8. The van der Waals surface area contributed by atoms with E-state index in [9.17, 15) is 4.79 Å². The maximum Gasteiger partial charge on any atom is 0.244 e. The number of benzene rings is 2. The molecule has 0 spiro atoms. The molecular weight excluding hydrogens is 340 g/mol. The third-order valence-electron chi connectivity index (χ3n) is 4.45. The summed E-state index contributed by atoms with van der Waals surface area (Å²) >= 11 is 0. The standard InChI is InChI=1S/C22H30N2O3/c1-15(2)14-27-19-12-11-17(13-20(19)26-5)16(3)24-21(25)22(4,23)18-9-7-6-8-10-18/h6-13,15-16H,14,23H2,1-5H3,(H,24,25). The Morgan fingerprint density at radius 1 is 1.11 bits per heavy atom. The molecule has 2 atom stereocenters. The Labute approximate surface area is 161 Å². The van der Waals surface area contributed by atoms with Crippen molar-refractivity contribution in [2.45, 2.75) is 39.3 Å². The van der Waals surface area contributed by atoms with Crippen molar-refractivity contribution < 1.29 is 14.3 Å². The summed E-state index contributed by atoms with van der Waals surface area (Å²) in [6.07, 6.45) is 0. The molecule has 0 heterocycles. The van der Waals surface area contributed by atoms with Gasteiger partial charge in [0.15, 0.2) is 11.5 Å². The molecule has 3 N–H and O–H groups in total. The summed E-state index contributed by atoms with van der Waals surface area (Å²) in [5, 5.41) is 3.00. The maximum atomic E-state index is 12.8. The van der Waals surface area contributed by atoms with Gasteiger partial charge in [0.2, 0.25) is 5.91 Å². The second-order valence-electron chi connectivity index (χ2n) is 7.38. The van der Waals surface area contributed by atoms with Crippen molar-refractivity contribution in [3.05, 3.63) is 59.7 Å². The zero-order valence-corrected chi connectivity index (χ0v) is 16.8. The molecule has 0 saturated heterocycles. The molecule has 2 aromatic rings. The smallest absolute Gasteiger partial charge is 0.244 e. The summed E-state index contributed by atoms with van der Waals surface area (Å²) in [5.41, 5.74) is 6.87. The van der Waals surface area contributed by atoms with Gasteiger partial charge in [-0.3, -0.25) is 4.79 Å². The molecule has 0 bridgehead atoms. The number of methoxy groups -OCH3 is 1. The van der Waals surface area contributed by atoms with Crippen LogP contribution in [0.2, 0.25) is 0 Å². The molecule has 0 aliphatic rings. The summed E-state index contributed by atoms with van der Waals surface area (Å²) in [5.74, 6) is 1.53. The number of nitrogens with two attached hydrogens (primary N) is 1. The Kier molecular flexibility index (Phi) is 6.86. The van der Waals surface area contributed by atoms with Crippen LogP contribution in [0.5, 0.6) is 11.5 Å². The van der Waals surface area contributed by atoms with E-state index in [0.29, 0.717) is 24.0 Å². The Morgan fingerprint density at radius 2 is 1.78 bits per heavy atom.